The first-order valence-electron chi connectivity index (χ1n) is 6.48. The highest BCUT2D eigenvalue weighted by molar-refractivity contribution is 9.10. The predicted octanol–water partition coefficient (Wildman–Crippen LogP) is 2.79. The van der Waals surface area contributed by atoms with Crippen molar-refractivity contribution in [3.05, 3.63) is 55.9 Å². The molecule has 1 aromatic heterocycles. The van der Waals surface area contributed by atoms with Crippen LogP contribution in [0.4, 0.5) is 0 Å². The van der Waals surface area contributed by atoms with Crippen LogP contribution in [0.3, 0.4) is 0 Å². The van der Waals surface area contributed by atoms with Crippen molar-refractivity contribution in [2.45, 2.75) is 20.8 Å². The Morgan fingerprint density at radius 2 is 1.95 bits per heavy atom. The number of hydrogen-bond acceptors (Lipinski definition) is 4. The van der Waals surface area contributed by atoms with Gasteiger partial charge in [0.2, 0.25) is 11.1 Å². The second-order valence-corrected chi connectivity index (χ2v) is 5.38. The van der Waals surface area contributed by atoms with Gasteiger partial charge < -0.3 is 4.74 Å². The molecule has 0 saturated heterocycles. The van der Waals surface area contributed by atoms with Crippen LogP contribution in [0.15, 0.2) is 33.7 Å². The molecule has 0 N–H and O–H groups in total. The van der Waals surface area contributed by atoms with Crippen molar-refractivity contribution in [3.8, 4) is 5.69 Å². The van der Waals surface area contributed by atoms with Gasteiger partial charge in [-0.05, 0) is 44.0 Å². The molecule has 0 unspecified atom stereocenters. The van der Waals surface area contributed by atoms with Gasteiger partial charge >= 0.3 is 5.97 Å². The minimum atomic E-state index is -0.706. The molecule has 1 aromatic carbocycles. The van der Waals surface area contributed by atoms with Crippen LogP contribution in [0.25, 0.3) is 5.69 Å². The Bertz CT molecular complexity index is 730. The Hall–Kier alpha value is -1.95. The van der Waals surface area contributed by atoms with Crippen LogP contribution in [0.2, 0.25) is 0 Å². The summed E-state index contributed by atoms with van der Waals surface area (Å²) in [6, 6.07) is 5.15. The molecule has 2 aromatic rings. The molecule has 5 nitrogen and oxygen atoms in total. The lowest BCUT2D eigenvalue weighted by molar-refractivity contribution is 0.0515. The quantitative estimate of drug-likeness (QED) is 0.798. The van der Waals surface area contributed by atoms with Gasteiger partial charge in [-0.15, -0.1) is 0 Å². The fourth-order valence-corrected chi connectivity index (χ4v) is 2.18. The first-order chi connectivity index (χ1) is 9.93. The van der Waals surface area contributed by atoms with Gasteiger partial charge in [0.05, 0.1) is 12.3 Å². The van der Waals surface area contributed by atoms with Crippen molar-refractivity contribution in [1.29, 1.82) is 0 Å². The van der Waals surface area contributed by atoms with Gasteiger partial charge in [0.15, 0.2) is 0 Å². The third-order valence-corrected chi connectivity index (χ3v) is 4.21. The molecular formula is C15H15BrN2O3. The number of nitrogens with zero attached hydrogens (tertiary/aromatic N) is 2. The summed E-state index contributed by atoms with van der Waals surface area (Å²) in [5.74, 6) is -0.706. The van der Waals surface area contributed by atoms with Crippen LogP contribution < -0.4 is 5.43 Å². The van der Waals surface area contributed by atoms with Crippen LogP contribution in [0.1, 0.15) is 28.5 Å². The van der Waals surface area contributed by atoms with E-state index in [0.29, 0.717) is 0 Å². The Balaban J connectivity index is 2.53. The number of benzene rings is 1. The number of aromatic nitrogens is 2. The van der Waals surface area contributed by atoms with E-state index < -0.39 is 11.4 Å². The van der Waals surface area contributed by atoms with Crippen molar-refractivity contribution >= 4 is 21.9 Å². The van der Waals surface area contributed by atoms with Crippen LogP contribution >= 0.6 is 15.9 Å². The van der Waals surface area contributed by atoms with Crippen molar-refractivity contribution in [1.82, 2.24) is 9.78 Å². The molecule has 1 heterocycles. The van der Waals surface area contributed by atoms with Crippen molar-refractivity contribution in [2.75, 3.05) is 6.61 Å². The summed E-state index contributed by atoms with van der Waals surface area (Å²) in [5.41, 5.74) is 2.21. The number of ether oxygens (including phenoxy) is 1. The number of esters is 1. The summed E-state index contributed by atoms with van der Waals surface area (Å²) in [7, 11) is 0. The van der Waals surface area contributed by atoms with E-state index in [9.17, 15) is 9.59 Å². The Morgan fingerprint density at radius 3 is 2.52 bits per heavy atom. The number of aryl methyl sites for hydroxylation is 2. The third kappa shape index (κ3) is 3.21. The molecule has 0 aliphatic carbocycles. The number of halogens is 1. The molecule has 0 saturated carbocycles. The van der Waals surface area contributed by atoms with E-state index in [-0.39, 0.29) is 12.3 Å². The smallest absolute Gasteiger partial charge is 0.362 e. The topological polar surface area (TPSA) is 61.2 Å². The van der Waals surface area contributed by atoms with Crippen LogP contribution in [0, 0.1) is 13.8 Å². The Morgan fingerprint density at radius 1 is 1.33 bits per heavy atom. The lowest BCUT2D eigenvalue weighted by Crippen LogP contribution is -2.22. The number of carbonyl (C=O) groups excluding carboxylic acids is 1. The summed E-state index contributed by atoms with van der Waals surface area (Å²) < 4.78 is 7.37. The second-order valence-electron chi connectivity index (χ2n) is 4.59. The highest BCUT2D eigenvalue weighted by atomic mass is 79.9. The fraction of sp³-hybridized carbons (Fsp3) is 0.267. The summed E-state index contributed by atoms with van der Waals surface area (Å²) in [5, 5.41) is 4.09. The van der Waals surface area contributed by atoms with Crippen molar-refractivity contribution < 1.29 is 9.53 Å². The molecule has 0 bridgehead atoms. The lowest BCUT2D eigenvalue weighted by atomic mass is 10.1. The molecule has 0 aliphatic heterocycles. The first kappa shape index (κ1) is 15.4. The minimum absolute atomic E-state index is 0.200. The lowest BCUT2D eigenvalue weighted by Gasteiger charge is -2.10. The Kier molecular flexibility index (Phi) is 4.57. The SMILES string of the molecule is CCOC(=O)c1nn(-c2cc(C)c(Br)c(C)c2)ccc1=O. The molecule has 2 rings (SSSR count). The Labute approximate surface area is 130 Å². The zero-order chi connectivity index (χ0) is 15.6. The van der Waals surface area contributed by atoms with Gasteiger partial charge in [-0.3, -0.25) is 4.79 Å². The van der Waals surface area contributed by atoms with Crippen molar-refractivity contribution in [2.24, 2.45) is 0 Å². The second kappa shape index (κ2) is 6.22. The number of hydrogen-bond donors (Lipinski definition) is 0. The highest BCUT2D eigenvalue weighted by Crippen LogP contribution is 2.23. The van der Waals surface area contributed by atoms with E-state index >= 15 is 0 Å². The maximum absolute atomic E-state index is 11.7. The van der Waals surface area contributed by atoms with Crippen LogP contribution in [0.5, 0.6) is 0 Å². The predicted molar refractivity (Wildman–Crippen MR) is 83.0 cm³/mol. The summed E-state index contributed by atoms with van der Waals surface area (Å²) in [4.78, 5) is 23.5. The average molecular weight is 351 g/mol. The van der Waals surface area contributed by atoms with Gasteiger partial charge in [0, 0.05) is 16.7 Å². The highest BCUT2D eigenvalue weighted by Gasteiger charge is 2.14. The molecular weight excluding hydrogens is 336 g/mol. The largest absolute Gasteiger partial charge is 0.461 e. The molecule has 21 heavy (non-hydrogen) atoms. The van der Waals surface area contributed by atoms with E-state index in [1.54, 1.807) is 6.92 Å². The van der Waals surface area contributed by atoms with Crippen LogP contribution in [-0.2, 0) is 4.74 Å². The molecule has 6 heteroatoms. The molecule has 0 atom stereocenters. The van der Waals surface area contributed by atoms with Gasteiger partial charge in [-0.2, -0.15) is 5.10 Å². The van der Waals surface area contributed by atoms with E-state index in [2.05, 4.69) is 21.0 Å². The van der Waals surface area contributed by atoms with Gasteiger partial charge in [-0.25, -0.2) is 9.48 Å². The monoisotopic (exact) mass is 350 g/mol. The maximum atomic E-state index is 11.7. The molecule has 0 fully saturated rings. The molecule has 0 amide bonds. The van der Waals surface area contributed by atoms with Crippen LogP contribution in [-0.4, -0.2) is 22.4 Å². The maximum Gasteiger partial charge on any atom is 0.362 e. The number of carbonyl (C=O) groups is 1. The molecule has 0 radical (unpaired) electrons. The van der Waals surface area contributed by atoms with E-state index in [1.165, 1.54) is 16.9 Å². The summed E-state index contributed by atoms with van der Waals surface area (Å²) >= 11 is 3.50. The molecule has 110 valence electrons. The zero-order valence-corrected chi connectivity index (χ0v) is 13.6. The average Bonchev–Trinajstić information content (AvgIpc) is 2.45. The minimum Gasteiger partial charge on any atom is -0.461 e. The number of rotatable bonds is 3. The van der Waals surface area contributed by atoms with E-state index in [1.807, 2.05) is 26.0 Å². The summed E-state index contributed by atoms with van der Waals surface area (Å²) in [6.07, 6.45) is 1.53. The zero-order valence-electron chi connectivity index (χ0n) is 12.0. The molecule has 0 aliphatic rings. The normalized spacial score (nSPS) is 10.5. The standard InChI is InChI=1S/C15H15BrN2O3/c1-4-21-15(20)14-12(19)5-6-18(17-14)11-7-9(2)13(16)10(3)8-11/h5-8H,4H2,1-3H3. The van der Waals surface area contributed by atoms with Gasteiger partial charge in [-0.1, -0.05) is 15.9 Å². The van der Waals surface area contributed by atoms with E-state index in [4.69, 9.17) is 4.74 Å². The van der Waals surface area contributed by atoms with Crippen molar-refractivity contribution in [3.63, 3.8) is 0 Å². The van der Waals surface area contributed by atoms with E-state index in [0.717, 1.165) is 21.3 Å². The first-order valence-corrected chi connectivity index (χ1v) is 7.27. The third-order valence-electron chi connectivity index (χ3n) is 2.96. The van der Waals surface area contributed by atoms with Gasteiger partial charge in [0.25, 0.3) is 0 Å². The summed E-state index contributed by atoms with van der Waals surface area (Å²) in [6.45, 7) is 5.82. The molecule has 0 spiro atoms. The van der Waals surface area contributed by atoms with Gasteiger partial charge in [0.1, 0.15) is 0 Å². The fourth-order valence-electron chi connectivity index (χ4n) is 1.95.